The van der Waals surface area contributed by atoms with E-state index in [9.17, 15) is 14.4 Å². The Morgan fingerprint density at radius 3 is 2.58 bits per heavy atom. The van der Waals surface area contributed by atoms with Crippen LogP contribution in [-0.2, 0) is 9.53 Å². The molecule has 2 fully saturated rings. The number of hydrogen-bond acceptors (Lipinski definition) is 4. The number of amides is 4. The van der Waals surface area contributed by atoms with Crippen molar-refractivity contribution in [1.29, 1.82) is 0 Å². The monoisotopic (exact) mass is 271 g/mol. The first-order valence-electron chi connectivity index (χ1n) is 6.11. The van der Waals surface area contributed by atoms with Crippen LogP contribution < -0.4 is 5.32 Å². The summed E-state index contributed by atoms with van der Waals surface area (Å²) in [6, 6.07) is -0.425. The third-order valence-corrected chi connectivity index (χ3v) is 3.65. The van der Waals surface area contributed by atoms with Gasteiger partial charge in [-0.15, -0.1) is 0 Å². The highest BCUT2D eigenvalue weighted by atomic mass is 16.5. The molecule has 0 radical (unpaired) electrons. The maximum Gasteiger partial charge on any atom is 0.407 e. The maximum atomic E-state index is 12.3. The number of hydrogen-bond donors (Lipinski definition) is 2. The van der Waals surface area contributed by atoms with Crippen molar-refractivity contribution in [2.75, 3.05) is 33.4 Å². The largest absolute Gasteiger partial charge is 0.465 e. The van der Waals surface area contributed by atoms with E-state index in [0.717, 1.165) is 4.90 Å². The van der Waals surface area contributed by atoms with E-state index in [-0.39, 0.29) is 32.1 Å². The molecule has 0 saturated carbocycles. The van der Waals surface area contributed by atoms with E-state index < -0.39 is 17.7 Å². The van der Waals surface area contributed by atoms with Gasteiger partial charge in [-0.3, -0.25) is 9.69 Å². The lowest BCUT2D eigenvalue weighted by atomic mass is 9.87. The van der Waals surface area contributed by atoms with Crippen LogP contribution in [0.1, 0.15) is 12.8 Å². The third-order valence-electron chi connectivity index (χ3n) is 3.65. The number of piperidine rings is 1. The van der Waals surface area contributed by atoms with Crippen LogP contribution in [0.4, 0.5) is 9.59 Å². The number of urea groups is 1. The number of rotatable bonds is 3. The molecule has 0 unspecified atom stereocenters. The predicted molar refractivity (Wildman–Crippen MR) is 63.7 cm³/mol. The summed E-state index contributed by atoms with van der Waals surface area (Å²) in [5.74, 6) is -0.278. The second kappa shape index (κ2) is 5.04. The normalized spacial score (nSPS) is 21.9. The topological polar surface area (TPSA) is 99.2 Å². The molecular weight excluding hydrogens is 254 g/mol. The molecule has 0 aromatic carbocycles. The van der Waals surface area contributed by atoms with Crippen molar-refractivity contribution in [2.45, 2.75) is 18.4 Å². The van der Waals surface area contributed by atoms with Crippen LogP contribution in [-0.4, -0.2) is 71.8 Å². The van der Waals surface area contributed by atoms with Gasteiger partial charge in [0, 0.05) is 20.2 Å². The van der Waals surface area contributed by atoms with E-state index >= 15 is 0 Å². The van der Waals surface area contributed by atoms with E-state index in [1.807, 2.05) is 0 Å². The van der Waals surface area contributed by atoms with Gasteiger partial charge in [0.15, 0.2) is 0 Å². The minimum atomic E-state index is -0.997. The van der Waals surface area contributed by atoms with E-state index in [0.29, 0.717) is 12.8 Å². The molecule has 2 saturated heterocycles. The summed E-state index contributed by atoms with van der Waals surface area (Å²) in [6.45, 7) is 1.00. The SMILES string of the molecule is COCCN1C(=O)NC2(CCN(C(=O)O)CC2)C1=O. The van der Waals surface area contributed by atoms with Crippen LogP contribution in [0.25, 0.3) is 0 Å². The molecule has 0 aliphatic carbocycles. The molecule has 0 aromatic heterocycles. The second-order valence-electron chi connectivity index (χ2n) is 4.73. The van der Waals surface area contributed by atoms with Gasteiger partial charge in [-0.2, -0.15) is 0 Å². The van der Waals surface area contributed by atoms with Crippen molar-refractivity contribution in [1.82, 2.24) is 15.1 Å². The number of nitrogens with one attached hydrogen (secondary N) is 1. The van der Waals surface area contributed by atoms with Gasteiger partial charge in [-0.05, 0) is 12.8 Å². The number of carbonyl (C=O) groups is 3. The Kier molecular flexibility index (Phi) is 3.61. The number of likely N-dealkylation sites (tertiary alicyclic amines) is 1. The first-order chi connectivity index (χ1) is 9.00. The van der Waals surface area contributed by atoms with Crippen LogP contribution in [0, 0.1) is 0 Å². The Balaban J connectivity index is 2.04. The summed E-state index contributed by atoms with van der Waals surface area (Å²) in [5, 5.41) is 11.6. The molecule has 0 atom stereocenters. The number of nitrogens with zero attached hydrogens (tertiary/aromatic N) is 2. The predicted octanol–water partition coefficient (Wildman–Crippen LogP) is -0.303. The Hall–Kier alpha value is -1.83. The van der Waals surface area contributed by atoms with Crippen molar-refractivity contribution >= 4 is 18.0 Å². The Morgan fingerprint density at radius 2 is 2.05 bits per heavy atom. The minimum Gasteiger partial charge on any atom is -0.465 e. The Bertz CT molecular complexity index is 403. The number of carbonyl (C=O) groups excluding carboxylic acids is 2. The molecule has 0 aromatic rings. The molecule has 19 heavy (non-hydrogen) atoms. The fourth-order valence-corrected chi connectivity index (χ4v) is 2.48. The summed E-state index contributed by atoms with van der Waals surface area (Å²) in [6.07, 6.45) is -0.372. The lowest BCUT2D eigenvalue weighted by Gasteiger charge is -2.35. The standard InChI is InChI=1S/C11H17N3O5/c1-19-7-6-14-8(15)11(12-9(14)16)2-4-13(5-3-11)10(17)18/h2-7H2,1H3,(H,12,16)(H,17,18). The highest BCUT2D eigenvalue weighted by molar-refractivity contribution is 6.07. The average Bonchev–Trinajstić information content (AvgIpc) is 2.60. The first kappa shape index (κ1) is 13.6. The van der Waals surface area contributed by atoms with E-state index in [2.05, 4.69) is 5.32 Å². The van der Waals surface area contributed by atoms with Gasteiger partial charge in [-0.1, -0.05) is 0 Å². The van der Waals surface area contributed by atoms with Crippen molar-refractivity contribution in [2.24, 2.45) is 0 Å². The first-order valence-corrected chi connectivity index (χ1v) is 6.11. The molecular formula is C11H17N3O5. The molecule has 2 aliphatic rings. The molecule has 2 N–H and O–H groups in total. The number of imide groups is 1. The van der Waals surface area contributed by atoms with Crippen molar-refractivity contribution in [3.8, 4) is 0 Å². The van der Waals surface area contributed by atoms with Gasteiger partial charge in [0.25, 0.3) is 5.91 Å². The van der Waals surface area contributed by atoms with Crippen LogP contribution in [0.5, 0.6) is 0 Å². The maximum absolute atomic E-state index is 12.3. The van der Waals surface area contributed by atoms with Crippen molar-refractivity contribution in [3.63, 3.8) is 0 Å². The number of carboxylic acid groups (broad SMARTS) is 1. The van der Waals surface area contributed by atoms with Crippen molar-refractivity contribution in [3.05, 3.63) is 0 Å². The molecule has 8 nitrogen and oxygen atoms in total. The molecule has 8 heteroatoms. The van der Waals surface area contributed by atoms with Crippen LogP contribution >= 0.6 is 0 Å². The summed E-state index contributed by atoms with van der Waals surface area (Å²) in [5.41, 5.74) is -0.934. The number of ether oxygens (including phenoxy) is 1. The lowest BCUT2D eigenvalue weighted by Crippen LogP contribution is -2.55. The zero-order chi connectivity index (χ0) is 14.0. The zero-order valence-corrected chi connectivity index (χ0v) is 10.7. The molecule has 4 amide bonds. The highest BCUT2D eigenvalue weighted by Crippen LogP contribution is 2.29. The minimum absolute atomic E-state index is 0.214. The Morgan fingerprint density at radius 1 is 1.42 bits per heavy atom. The fraction of sp³-hybridized carbons (Fsp3) is 0.727. The van der Waals surface area contributed by atoms with Gasteiger partial charge in [0.1, 0.15) is 5.54 Å². The summed E-state index contributed by atoms with van der Waals surface area (Å²) >= 11 is 0. The highest BCUT2D eigenvalue weighted by Gasteiger charge is 2.52. The van der Waals surface area contributed by atoms with Gasteiger partial charge in [0.2, 0.25) is 0 Å². The van der Waals surface area contributed by atoms with Crippen LogP contribution in [0.15, 0.2) is 0 Å². The summed E-state index contributed by atoms with van der Waals surface area (Å²) in [7, 11) is 1.50. The summed E-state index contributed by atoms with van der Waals surface area (Å²) < 4.78 is 4.86. The zero-order valence-electron chi connectivity index (χ0n) is 10.7. The van der Waals surface area contributed by atoms with E-state index in [1.54, 1.807) is 0 Å². The smallest absolute Gasteiger partial charge is 0.407 e. The lowest BCUT2D eigenvalue weighted by molar-refractivity contribution is -0.133. The molecule has 0 bridgehead atoms. The average molecular weight is 271 g/mol. The van der Waals surface area contributed by atoms with Crippen molar-refractivity contribution < 1.29 is 24.2 Å². The summed E-state index contributed by atoms with van der Waals surface area (Å²) in [4.78, 5) is 37.3. The fourth-order valence-electron chi connectivity index (χ4n) is 2.48. The molecule has 2 heterocycles. The third kappa shape index (κ3) is 2.35. The van der Waals surface area contributed by atoms with E-state index in [1.165, 1.54) is 12.0 Å². The van der Waals surface area contributed by atoms with Gasteiger partial charge >= 0.3 is 12.1 Å². The van der Waals surface area contributed by atoms with Gasteiger partial charge < -0.3 is 20.1 Å². The van der Waals surface area contributed by atoms with E-state index in [4.69, 9.17) is 9.84 Å². The Labute approximate surface area is 110 Å². The second-order valence-corrected chi connectivity index (χ2v) is 4.73. The van der Waals surface area contributed by atoms with Crippen LogP contribution in [0.3, 0.4) is 0 Å². The molecule has 1 spiro atoms. The molecule has 2 rings (SSSR count). The van der Waals surface area contributed by atoms with Crippen LogP contribution in [0.2, 0.25) is 0 Å². The van der Waals surface area contributed by atoms with Gasteiger partial charge in [0.05, 0.1) is 13.2 Å². The van der Waals surface area contributed by atoms with Gasteiger partial charge in [-0.25, -0.2) is 9.59 Å². The molecule has 2 aliphatic heterocycles. The quantitative estimate of drug-likeness (QED) is 0.686. The molecule has 106 valence electrons. The number of methoxy groups -OCH3 is 1.